The van der Waals surface area contributed by atoms with Crippen LogP contribution in [0.25, 0.3) is 0 Å². The Morgan fingerprint density at radius 3 is 2.30 bits per heavy atom. The van der Waals surface area contributed by atoms with E-state index in [1.165, 1.54) is 0 Å². The lowest BCUT2D eigenvalue weighted by molar-refractivity contribution is 0.213. The molecular weight excluding hydrogens is 396 g/mol. The normalized spacial score (nSPS) is 16.3. The number of hydrogen-bond acceptors (Lipinski definition) is 4. The molecule has 3 rings (SSSR count). The molecular formula is C24H32N2O3S. The van der Waals surface area contributed by atoms with E-state index in [0.717, 1.165) is 39.6 Å². The van der Waals surface area contributed by atoms with Crippen LogP contribution >= 0.6 is 11.8 Å². The first-order chi connectivity index (χ1) is 14.4. The Labute approximate surface area is 184 Å². The van der Waals surface area contributed by atoms with Gasteiger partial charge in [-0.3, -0.25) is 0 Å². The second-order valence-electron chi connectivity index (χ2n) is 8.08. The average molecular weight is 429 g/mol. The Hall–Kier alpha value is -2.34. The first kappa shape index (κ1) is 22.3. The van der Waals surface area contributed by atoms with Crippen LogP contribution in [0.3, 0.4) is 0 Å². The molecule has 2 aromatic rings. The highest BCUT2D eigenvalue weighted by atomic mass is 32.2. The summed E-state index contributed by atoms with van der Waals surface area (Å²) in [6.45, 7) is 9.31. The van der Waals surface area contributed by atoms with Gasteiger partial charge in [0.1, 0.15) is 16.9 Å². The highest BCUT2D eigenvalue weighted by Gasteiger charge is 2.33. The van der Waals surface area contributed by atoms with Gasteiger partial charge in [-0.25, -0.2) is 4.79 Å². The molecule has 5 nitrogen and oxygen atoms in total. The number of carbonyl (C=O) groups is 1. The van der Waals surface area contributed by atoms with Gasteiger partial charge in [-0.15, -0.1) is 11.8 Å². The highest BCUT2D eigenvalue weighted by molar-refractivity contribution is 7.99. The summed E-state index contributed by atoms with van der Waals surface area (Å²) in [5.41, 5.74) is 4.23. The van der Waals surface area contributed by atoms with Crippen molar-refractivity contribution in [3.05, 3.63) is 53.1 Å². The van der Waals surface area contributed by atoms with E-state index in [2.05, 4.69) is 51.2 Å². The van der Waals surface area contributed by atoms with Gasteiger partial charge < -0.3 is 19.7 Å². The molecule has 1 saturated heterocycles. The second-order valence-corrected chi connectivity index (χ2v) is 9.26. The Bertz CT molecular complexity index is 872. The standard InChI is InChI=1S/C24H32N2O3S/c1-15(2)18-8-7-9-19(16(3)4)22(18)25-24(27)26-12-13-30-23(26)20-14-17(28-5)10-11-21(20)29-6/h7-11,14-16,23H,12-13H2,1-6H3,(H,25,27)/t23-/m0/s1. The second kappa shape index (κ2) is 9.65. The summed E-state index contributed by atoms with van der Waals surface area (Å²) in [4.78, 5) is 15.3. The van der Waals surface area contributed by atoms with E-state index in [1.54, 1.807) is 26.0 Å². The Morgan fingerprint density at radius 1 is 1.07 bits per heavy atom. The molecule has 0 bridgehead atoms. The van der Waals surface area contributed by atoms with Crippen molar-refractivity contribution in [3.8, 4) is 11.5 Å². The summed E-state index contributed by atoms with van der Waals surface area (Å²) in [7, 11) is 3.30. The van der Waals surface area contributed by atoms with Gasteiger partial charge in [0.05, 0.1) is 14.2 Å². The topological polar surface area (TPSA) is 50.8 Å². The van der Waals surface area contributed by atoms with E-state index in [0.29, 0.717) is 18.4 Å². The number of thioether (sulfide) groups is 1. The van der Waals surface area contributed by atoms with Crippen LogP contribution in [0, 0.1) is 0 Å². The molecule has 0 aliphatic carbocycles. The maximum absolute atomic E-state index is 13.4. The first-order valence-corrected chi connectivity index (χ1v) is 11.5. The summed E-state index contributed by atoms with van der Waals surface area (Å²) in [5.74, 6) is 3.04. The van der Waals surface area contributed by atoms with Gasteiger partial charge in [0, 0.05) is 23.5 Å². The number of nitrogens with one attached hydrogen (secondary N) is 1. The van der Waals surface area contributed by atoms with Crippen LogP contribution in [0.15, 0.2) is 36.4 Å². The molecule has 0 saturated carbocycles. The summed E-state index contributed by atoms with van der Waals surface area (Å²) in [5, 5.41) is 3.13. The Kier molecular flexibility index (Phi) is 7.19. The number of para-hydroxylation sites is 1. The van der Waals surface area contributed by atoms with Crippen molar-refractivity contribution >= 4 is 23.5 Å². The Morgan fingerprint density at radius 2 is 1.73 bits per heavy atom. The number of benzene rings is 2. The molecule has 1 fully saturated rings. The lowest BCUT2D eigenvalue weighted by atomic mass is 9.93. The monoisotopic (exact) mass is 428 g/mol. The zero-order chi connectivity index (χ0) is 21.8. The predicted octanol–water partition coefficient (Wildman–Crippen LogP) is 6.23. The number of amides is 2. The summed E-state index contributed by atoms with van der Waals surface area (Å²) >= 11 is 1.74. The molecule has 30 heavy (non-hydrogen) atoms. The van der Waals surface area contributed by atoms with Gasteiger partial charge in [0.15, 0.2) is 0 Å². The van der Waals surface area contributed by atoms with E-state index < -0.39 is 0 Å². The molecule has 1 aliphatic heterocycles. The quantitative estimate of drug-likeness (QED) is 0.592. The van der Waals surface area contributed by atoms with Crippen molar-refractivity contribution < 1.29 is 14.3 Å². The number of urea groups is 1. The summed E-state index contributed by atoms with van der Waals surface area (Å²) in [6, 6.07) is 11.9. The number of carbonyl (C=O) groups excluding carboxylic acids is 1. The van der Waals surface area contributed by atoms with Crippen molar-refractivity contribution in [2.24, 2.45) is 0 Å². The van der Waals surface area contributed by atoms with Gasteiger partial charge in [-0.2, -0.15) is 0 Å². The van der Waals surface area contributed by atoms with E-state index in [1.807, 2.05) is 23.1 Å². The van der Waals surface area contributed by atoms with E-state index in [4.69, 9.17) is 9.47 Å². The van der Waals surface area contributed by atoms with E-state index in [-0.39, 0.29) is 11.4 Å². The molecule has 1 N–H and O–H groups in total. The predicted molar refractivity (Wildman–Crippen MR) is 125 cm³/mol. The van der Waals surface area contributed by atoms with E-state index in [9.17, 15) is 4.79 Å². The van der Waals surface area contributed by atoms with Crippen molar-refractivity contribution in [3.63, 3.8) is 0 Å². The lowest BCUT2D eigenvalue weighted by Crippen LogP contribution is -2.35. The Balaban J connectivity index is 1.93. The molecule has 1 atom stereocenters. The minimum atomic E-state index is -0.122. The van der Waals surface area contributed by atoms with Crippen LogP contribution in [-0.2, 0) is 0 Å². The number of ether oxygens (including phenoxy) is 2. The van der Waals surface area contributed by atoms with Crippen molar-refractivity contribution in [1.82, 2.24) is 4.90 Å². The third kappa shape index (κ3) is 4.53. The average Bonchev–Trinajstić information content (AvgIpc) is 3.22. The molecule has 2 amide bonds. The third-order valence-corrected chi connectivity index (χ3v) is 6.70. The zero-order valence-electron chi connectivity index (χ0n) is 18.7. The van der Waals surface area contributed by atoms with Gasteiger partial charge in [0.2, 0.25) is 0 Å². The summed E-state index contributed by atoms with van der Waals surface area (Å²) in [6.07, 6.45) is 0. The molecule has 1 aliphatic rings. The summed E-state index contributed by atoms with van der Waals surface area (Å²) < 4.78 is 11.0. The minimum Gasteiger partial charge on any atom is -0.497 e. The largest absolute Gasteiger partial charge is 0.497 e. The van der Waals surface area contributed by atoms with Crippen LogP contribution in [0.5, 0.6) is 11.5 Å². The van der Waals surface area contributed by atoms with Crippen LogP contribution in [0.4, 0.5) is 10.5 Å². The van der Waals surface area contributed by atoms with Gasteiger partial charge >= 0.3 is 6.03 Å². The molecule has 2 aromatic carbocycles. The number of rotatable bonds is 6. The van der Waals surface area contributed by atoms with Gasteiger partial charge in [-0.05, 0) is 41.2 Å². The lowest BCUT2D eigenvalue weighted by Gasteiger charge is -2.28. The third-order valence-electron chi connectivity index (χ3n) is 5.46. The molecule has 1 heterocycles. The van der Waals surface area contributed by atoms with Gasteiger partial charge in [0.25, 0.3) is 0 Å². The SMILES string of the molecule is COc1ccc(OC)c([C@@H]2SCCN2C(=O)Nc2c(C(C)C)cccc2C(C)C)c1. The number of anilines is 1. The van der Waals surface area contributed by atoms with Crippen LogP contribution in [0.2, 0.25) is 0 Å². The molecule has 0 radical (unpaired) electrons. The van der Waals surface area contributed by atoms with Crippen LogP contribution < -0.4 is 14.8 Å². The fraction of sp³-hybridized carbons (Fsp3) is 0.458. The first-order valence-electron chi connectivity index (χ1n) is 10.4. The maximum atomic E-state index is 13.4. The number of nitrogens with zero attached hydrogens (tertiary/aromatic N) is 1. The highest BCUT2D eigenvalue weighted by Crippen LogP contribution is 2.44. The van der Waals surface area contributed by atoms with E-state index >= 15 is 0 Å². The molecule has 6 heteroatoms. The zero-order valence-corrected chi connectivity index (χ0v) is 19.5. The fourth-order valence-electron chi connectivity index (χ4n) is 3.84. The number of hydrogen-bond donors (Lipinski definition) is 1. The minimum absolute atomic E-state index is 0.0788. The van der Waals surface area contributed by atoms with Gasteiger partial charge in [-0.1, -0.05) is 45.9 Å². The fourth-order valence-corrected chi connectivity index (χ4v) is 5.11. The maximum Gasteiger partial charge on any atom is 0.323 e. The molecule has 0 aromatic heterocycles. The number of methoxy groups -OCH3 is 2. The van der Waals surface area contributed by atoms with Crippen molar-refractivity contribution in [1.29, 1.82) is 0 Å². The van der Waals surface area contributed by atoms with Crippen LogP contribution in [0.1, 0.15) is 61.6 Å². The van der Waals surface area contributed by atoms with Crippen molar-refractivity contribution in [2.75, 3.05) is 31.8 Å². The molecule has 0 unspecified atom stereocenters. The molecule has 0 spiro atoms. The van der Waals surface area contributed by atoms with Crippen molar-refractivity contribution in [2.45, 2.75) is 44.9 Å². The smallest absolute Gasteiger partial charge is 0.323 e. The molecule has 162 valence electrons. The van der Waals surface area contributed by atoms with Crippen LogP contribution in [-0.4, -0.2) is 37.4 Å².